The van der Waals surface area contributed by atoms with E-state index in [2.05, 4.69) is 86.7 Å². The lowest BCUT2D eigenvalue weighted by Crippen LogP contribution is -2.26. The van der Waals surface area contributed by atoms with Gasteiger partial charge in [-0.25, -0.2) is 0 Å². The zero-order valence-corrected chi connectivity index (χ0v) is 16.4. The molecule has 1 N–H and O–H groups in total. The van der Waals surface area contributed by atoms with E-state index in [0.717, 1.165) is 24.0 Å². The van der Waals surface area contributed by atoms with E-state index in [1.54, 1.807) is 0 Å². The zero-order chi connectivity index (χ0) is 15.2. The average Bonchev–Trinajstić information content (AvgIpc) is 2.84. The van der Waals surface area contributed by atoms with Crippen LogP contribution in [0.15, 0.2) is 44.7 Å². The maximum absolute atomic E-state index is 3.65. The zero-order valence-electron chi connectivity index (χ0n) is 12.4. The summed E-state index contributed by atoms with van der Waals surface area (Å²) in [7, 11) is 0. The number of hydrogen-bond donors (Lipinski definition) is 1. The second kappa shape index (κ2) is 8.47. The quantitative estimate of drug-likeness (QED) is 0.581. The van der Waals surface area contributed by atoms with Crippen LogP contribution in [0.2, 0.25) is 0 Å². The Kier molecular flexibility index (Phi) is 6.93. The molecule has 0 fully saturated rings. The number of hydrogen-bond acceptors (Lipinski definition) is 2. The molecule has 21 heavy (non-hydrogen) atoms. The number of nitrogens with one attached hydrogen (secondary N) is 1. The van der Waals surface area contributed by atoms with Crippen molar-refractivity contribution in [3.8, 4) is 0 Å². The molecule has 0 radical (unpaired) electrons. The van der Waals surface area contributed by atoms with E-state index in [0.29, 0.717) is 11.8 Å². The highest BCUT2D eigenvalue weighted by Gasteiger charge is 2.15. The van der Waals surface area contributed by atoms with Gasteiger partial charge >= 0.3 is 0 Å². The number of benzene rings is 1. The highest BCUT2D eigenvalue weighted by Crippen LogP contribution is 2.29. The van der Waals surface area contributed by atoms with Crippen LogP contribution in [0.4, 0.5) is 0 Å². The van der Waals surface area contributed by atoms with Crippen LogP contribution in [0.25, 0.3) is 0 Å². The first-order chi connectivity index (χ1) is 10.1. The Labute approximate surface area is 148 Å². The molecular weight excluding hydrogens is 410 g/mol. The molecule has 2 aromatic rings. The third kappa shape index (κ3) is 5.51. The Hall–Kier alpha value is -0.160. The second-order valence-electron chi connectivity index (χ2n) is 5.70. The molecule has 1 aromatic heterocycles. The summed E-state index contributed by atoms with van der Waals surface area (Å²) in [6.07, 6.45) is 1.07. The maximum Gasteiger partial charge on any atom is 0.0314 e. The van der Waals surface area contributed by atoms with Crippen LogP contribution < -0.4 is 5.32 Å². The van der Waals surface area contributed by atoms with Gasteiger partial charge in [-0.3, -0.25) is 0 Å². The predicted octanol–water partition coefficient (Wildman–Crippen LogP) is 5.85. The van der Waals surface area contributed by atoms with Crippen LogP contribution in [0, 0.1) is 5.92 Å². The van der Waals surface area contributed by atoms with Gasteiger partial charge in [0.05, 0.1) is 0 Å². The molecule has 4 heteroatoms. The topological polar surface area (TPSA) is 12.0 Å². The Bertz CT molecular complexity index is 548. The van der Waals surface area contributed by atoms with E-state index >= 15 is 0 Å². The summed E-state index contributed by atoms with van der Waals surface area (Å²) in [5, 5.41) is 5.76. The van der Waals surface area contributed by atoms with Crippen molar-refractivity contribution in [2.45, 2.75) is 26.2 Å². The van der Waals surface area contributed by atoms with Crippen molar-refractivity contribution in [1.29, 1.82) is 0 Å². The minimum Gasteiger partial charge on any atom is -0.316 e. The van der Waals surface area contributed by atoms with Gasteiger partial charge in [0.15, 0.2) is 0 Å². The SMILES string of the molecule is CC(C)CNCC(Cc1sccc1Br)c1ccc(Br)cc1. The third-order valence-corrected chi connectivity index (χ3v) is 5.88. The molecule has 1 aromatic carbocycles. The largest absolute Gasteiger partial charge is 0.316 e. The molecule has 0 aliphatic carbocycles. The fourth-order valence-corrected chi connectivity index (χ4v) is 4.14. The highest BCUT2D eigenvalue weighted by atomic mass is 79.9. The van der Waals surface area contributed by atoms with Crippen molar-refractivity contribution < 1.29 is 0 Å². The minimum atomic E-state index is 0.506. The van der Waals surface area contributed by atoms with Gasteiger partial charge in [0.2, 0.25) is 0 Å². The molecule has 0 spiro atoms. The van der Waals surface area contributed by atoms with Gasteiger partial charge in [-0.2, -0.15) is 0 Å². The van der Waals surface area contributed by atoms with Crippen molar-refractivity contribution >= 4 is 43.2 Å². The molecule has 114 valence electrons. The fourth-order valence-electron chi connectivity index (χ4n) is 2.28. The van der Waals surface area contributed by atoms with Gasteiger partial charge in [0.1, 0.15) is 0 Å². The lowest BCUT2D eigenvalue weighted by Gasteiger charge is -2.19. The average molecular weight is 431 g/mol. The van der Waals surface area contributed by atoms with Crippen molar-refractivity contribution in [1.82, 2.24) is 5.32 Å². The smallest absolute Gasteiger partial charge is 0.0314 e. The van der Waals surface area contributed by atoms with E-state index in [1.165, 1.54) is 14.9 Å². The number of thiophene rings is 1. The van der Waals surface area contributed by atoms with Crippen LogP contribution >= 0.6 is 43.2 Å². The van der Waals surface area contributed by atoms with Crippen LogP contribution in [-0.2, 0) is 6.42 Å². The highest BCUT2D eigenvalue weighted by molar-refractivity contribution is 9.10. The number of halogens is 2. The van der Waals surface area contributed by atoms with E-state index in [-0.39, 0.29) is 0 Å². The van der Waals surface area contributed by atoms with Gasteiger partial charge in [-0.1, -0.05) is 41.9 Å². The first-order valence-corrected chi connectivity index (χ1v) is 9.71. The number of rotatable bonds is 7. The molecule has 0 amide bonds. The molecule has 1 nitrogen and oxygen atoms in total. The molecule has 0 aliphatic rings. The molecule has 1 atom stereocenters. The predicted molar refractivity (Wildman–Crippen MR) is 100 cm³/mol. The molecule has 0 aliphatic heterocycles. The Morgan fingerprint density at radius 3 is 2.33 bits per heavy atom. The molecule has 2 rings (SSSR count). The monoisotopic (exact) mass is 429 g/mol. The summed E-state index contributed by atoms with van der Waals surface area (Å²) in [6, 6.07) is 10.9. The first-order valence-electron chi connectivity index (χ1n) is 7.24. The molecule has 1 unspecified atom stereocenters. The fraction of sp³-hybridized carbons (Fsp3) is 0.412. The molecule has 0 saturated heterocycles. The van der Waals surface area contributed by atoms with Crippen molar-refractivity contribution in [3.05, 3.63) is 55.1 Å². The summed E-state index contributed by atoms with van der Waals surface area (Å²) in [5.41, 5.74) is 1.40. The van der Waals surface area contributed by atoms with Crippen molar-refractivity contribution in [2.24, 2.45) is 5.92 Å². The van der Waals surface area contributed by atoms with Gasteiger partial charge in [0, 0.05) is 26.3 Å². The van der Waals surface area contributed by atoms with E-state index in [1.807, 2.05) is 11.3 Å². The Morgan fingerprint density at radius 2 is 1.76 bits per heavy atom. The van der Waals surface area contributed by atoms with Gasteiger partial charge in [-0.05, 0) is 64.0 Å². The molecular formula is C17H21Br2NS. The second-order valence-corrected chi connectivity index (χ2v) is 8.47. The van der Waals surface area contributed by atoms with Crippen LogP contribution in [0.3, 0.4) is 0 Å². The molecule has 0 saturated carbocycles. The Morgan fingerprint density at radius 1 is 1.05 bits per heavy atom. The normalized spacial score (nSPS) is 12.8. The summed E-state index contributed by atoms with van der Waals surface area (Å²) in [5.74, 6) is 1.19. The lowest BCUT2D eigenvalue weighted by atomic mass is 9.95. The lowest BCUT2D eigenvalue weighted by molar-refractivity contribution is 0.515. The van der Waals surface area contributed by atoms with Crippen LogP contribution in [0.5, 0.6) is 0 Å². The van der Waals surface area contributed by atoms with E-state index in [4.69, 9.17) is 0 Å². The van der Waals surface area contributed by atoms with Gasteiger partial charge in [-0.15, -0.1) is 11.3 Å². The summed E-state index contributed by atoms with van der Waals surface area (Å²) >= 11 is 9.00. The summed E-state index contributed by atoms with van der Waals surface area (Å²) in [6.45, 7) is 6.58. The van der Waals surface area contributed by atoms with Crippen molar-refractivity contribution in [2.75, 3.05) is 13.1 Å². The molecule has 1 heterocycles. The van der Waals surface area contributed by atoms with Gasteiger partial charge < -0.3 is 5.32 Å². The van der Waals surface area contributed by atoms with Crippen LogP contribution in [0.1, 0.15) is 30.2 Å². The maximum atomic E-state index is 3.65. The van der Waals surface area contributed by atoms with E-state index in [9.17, 15) is 0 Å². The van der Waals surface area contributed by atoms with Gasteiger partial charge in [0.25, 0.3) is 0 Å². The molecule has 0 bridgehead atoms. The summed E-state index contributed by atoms with van der Waals surface area (Å²) < 4.78 is 2.37. The van der Waals surface area contributed by atoms with Crippen LogP contribution in [-0.4, -0.2) is 13.1 Å². The standard InChI is InChI=1S/C17H21Br2NS/c1-12(2)10-20-11-14(9-17-16(19)7-8-21-17)13-3-5-15(18)6-4-13/h3-8,12,14,20H,9-11H2,1-2H3. The van der Waals surface area contributed by atoms with E-state index < -0.39 is 0 Å². The Balaban J connectivity index is 2.09. The minimum absolute atomic E-state index is 0.506. The van der Waals surface area contributed by atoms with Crippen molar-refractivity contribution in [3.63, 3.8) is 0 Å². The summed E-state index contributed by atoms with van der Waals surface area (Å²) in [4.78, 5) is 1.43. The third-order valence-electron chi connectivity index (χ3n) is 3.41. The first kappa shape index (κ1) is 17.2.